The van der Waals surface area contributed by atoms with Gasteiger partial charge in [0.25, 0.3) is 5.91 Å². The Morgan fingerprint density at radius 3 is 2.55 bits per heavy atom. The van der Waals surface area contributed by atoms with E-state index < -0.39 is 0 Å². The molecule has 0 atom stereocenters. The van der Waals surface area contributed by atoms with E-state index in [9.17, 15) is 9.90 Å². The summed E-state index contributed by atoms with van der Waals surface area (Å²) < 4.78 is 0. The number of carbonyl (C=O) groups excluding carboxylic acids is 1. The van der Waals surface area contributed by atoms with Crippen LogP contribution in [0, 0.1) is 6.92 Å². The van der Waals surface area contributed by atoms with Gasteiger partial charge in [0, 0.05) is 11.3 Å². The zero-order valence-electron chi connectivity index (χ0n) is 12.0. The van der Waals surface area contributed by atoms with Crippen LogP contribution in [0.5, 0.6) is 5.75 Å². The molecule has 2 N–H and O–H groups in total. The average Bonchev–Trinajstić information content (AvgIpc) is 2.42. The van der Waals surface area contributed by atoms with Gasteiger partial charge in [-0.2, -0.15) is 0 Å². The number of aromatic hydroxyl groups is 1. The first kappa shape index (κ1) is 14.1. The van der Waals surface area contributed by atoms with Gasteiger partial charge in [0.2, 0.25) is 0 Å². The van der Waals surface area contributed by atoms with Crippen LogP contribution < -0.4 is 5.32 Å². The molecule has 0 bridgehead atoms. The minimum atomic E-state index is -0.221. The van der Waals surface area contributed by atoms with Crippen LogP contribution in [0.2, 0.25) is 0 Å². The van der Waals surface area contributed by atoms with Crippen molar-refractivity contribution in [3.63, 3.8) is 0 Å². The van der Waals surface area contributed by atoms with Crippen LogP contribution in [-0.2, 0) is 0 Å². The Hall–Kier alpha value is -2.29. The lowest BCUT2D eigenvalue weighted by molar-refractivity contribution is 0.102. The summed E-state index contributed by atoms with van der Waals surface area (Å²) in [6.45, 7) is 6.01. The van der Waals surface area contributed by atoms with E-state index in [1.165, 1.54) is 11.6 Å². The Labute approximate surface area is 119 Å². The van der Waals surface area contributed by atoms with Crippen molar-refractivity contribution in [1.82, 2.24) is 0 Å². The fraction of sp³-hybridized carbons (Fsp3) is 0.235. The first-order chi connectivity index (χ1) is 9.47. The predicted octanol–water partition coefficient (Wildman–Crippen LogP) is 4.08. The number of hydrogen-bond acceptors (Lipinski definition) is 2. The molecule has 0 saturated carbocycles. The molecular weight excluding hydrogens is 250 g/mol. The van der Waals surface area contributed by atoms with Crippen molar-refractivity contribution in [3.05, 3.63) is 59.2 Å². The van der Waals surface area contributed by atoms with Crippen LogP contribution in [0.15, 0.2) is 42.5 Å². The normalized spacial score (nSPS) is 10.6. The van der Waals surface area contributed by atoms with Gasteiger partial charge in [0.15, 0.2) is 0 Å². The van der Waals surface area contributed by atoms with E-state index in [1.807, 2.05) is 24.3 Å². The second-order valence-corrected chi connectivity index (χ2v) is 5.24. The molecule has 0 aromatic heterocycles. The lowest BCUT2D eigenvalue weighted by atomic mass is 10.0. The maximum atomic E-state index is 12.1. The van der Waals surface area contributed by atoms with E-state index in [2.05, 4.69) is 19.2 Å². The number of nitrogens with one attached hydrogen (secondary N) is 1. The van der Waals surface area contributed by atoms with Crippen LogP contribution in [0.4, 0.5) is 5.69 Å². The highest BCUT2D eigenvalue weighted by Gasteiger charge is 2.09. The highest BCUT2D eigenvalue weighted by Crippen LogP contribution is 2.21. The molecule has 1 amide bonds. The van der Waals surface area contributed by atoms with Crippen LogP contribution in [0.1, 0.15) is 41.3 Å². The second kappa shape index (κ2) is 5.78. The summed E-state index contributed by atoms with van der Waals surface area (Å²) in [5.74, 6) is 0.324. The van der Waals surface area contributed by atoms with Crippen LogP contribution in [-0.4, -0.2) is 11.0 Å². The number of phenols is 1. The number of rotatable bonds is 3. The highest BCUT2D eigenvalue weighted by molar-refractivity contribution is 6.04. The van der Waals surface area contributed by atoms with Crippen molar-refractivity contribution in [2.24, 2.45) is 0 Å². The third-order valence-corrected chi connectivity index (χ3v) is 3.28. The topological polar surface area (TPSA) is 49.3 Å². The molecular formula is C17H19NO2. The molecule has 0 heterocycles. The first-order valence-electron chi connectivity index (χ1n) is 6.68. The molecule has 3 heteroatoms. The van der Waals surface area contributed by atoms with Crippen molar-refractivity contribution in [2.45, 2.75) is 26.7 Å². The van der Waals surface area contributed by atoms with Gasteiger partial charge in [-0.25, -0.2) is 0 Å². The van der Waals surface area contributed by atoms with Gasteiger partial charge in [-0.1, -0.05) is 32.0 Å². The number of benzene rings is 2. The minimum absolute atomic E-state index is 0.133. The molecule has 2 rings (SSSR count). The third-order valence-electron chi connectivity index (χ3n) is 3.28. The summed E-state index contributed by atoms with van der Waals surface area (Å²) in [5, 5.41) is 12.5. The molecule has 3 nitrogen and oxygen atoms in total. The Morgan fingerprint density at radius 1 is 1.15 bits per heavy atom. The third kappa shape index (κ3) is 3.18. The lowest BCUT2D eigenvalue weighted by Crippen LogP contribution is -2.12. The van der Waals surface area contributed by atoms with Crippen molar-refractivity contribution < 1.29 is 9.90 Å². The number of hydrogen-bond donors (Lipinski definition) is 2. The fourth-order valence-corrected chi connectivity index (χ4v) is 1.93. The van der Waals surface area contributed by atoms with E-state index >= 15 is 0 Å². The van der Waals surface area contributed by atoms with E-state index in [4.69, 9.17) is 0 Å². The number of anilines is 1. The second-order valence-electron chi connectivity index (χ2n) is 5.24. The van der Waals surface area contributed by atoms with Crippen LogP contribution in [0.25, 0.3) is 0 Å². The maximum absolute atomic E-state index is 12.1. The molecule has 0 radical (unpaired) electrons. The molecule has 2 aromatic carbocycles. The zero-order valence-corrected chi connectivity index (χ0v) is 12.0. The highest BCUT2D eigenvalue weighted by atomic mass is 16.3. The largest absolute Gasteiger partial charge is 0.508 e. The Kier molecular flexibility index (Phi) is 4.08. The van der Waals surface area contributed by atoms with Crippen molar-refractivity contribution in [2.75, 3.05) is 5.32 Å². The van der Waals surface area contributed by atoms with Gasteiger partial charge < -0.3 is 10.4 Å². The first-order valence-corrected chi connectivity index (χ1v) is 6.68. The van der Waals surface area contributed by atoms with Gasteiger partial charge in [0.1, 0.15) is 5.75 Å². The van der Waals surface area contributed by atoms with Crippen molar-refractivity contribution in [3.8, 4) is 5.75 Å². The minimum Gasteiger partial charge on any atom is -0.508 e. The smallest absolute Gasteiger partial charge is 0.255 e. The molecule has 0 saturated heterocycles. The molecule has 2 aromatic rings. The van der Waals surface area contributed by atoms with Gasteiger partial charge in [-0.05, 0) is 48.2 Å². The average molecular weight is 269 g/mol. The molecule has 0 aliphatic rings. The number of carbonyl (C=O) groups is 1. The molecule has 0 unspecified atom stereocenters. The van der Waals surface area contributed by atoms with E-state index in [-0.39, 0.29) is 11.7 Å². The van der Waals surface area contributed by atoms with Gasteiger partial charge in [0.05, 0.1) is 0 Å². The summed E-state index contributed by atoms with van der Waals surface area (Å²) in [6, 6.07) is 12.7. The molecule has 0 aliphatic heterocycles. The van der Waals surface area contributed by atoms with Crippen LogP contribution in [0.3, 0.4) is 0 Å². The Morgan fingerprint density at radius 2 is 1.90 bits per heavy atom. The maximum Gasteiger partial charge on any atom is 0.255 e. The van der Waals surface area contributed by atoms with Crippen molar-refractivity contribution in [1.29, 1.82) is 0 Å². The Bertz CT molecular complexity index is 633. The molecule has 0 aliphatic carbocycles. The Balaban J connectivity index is 2.19. The standard InChI is InChI=1S/C17H19NO2/c1-11(2)13-5-4-6-15(9-13)18-17(20)14-8-7-12(3)16(19)10-14/h4-11,19H,1-3H3,(H,18,20). The molecule has 104 valence electrons. The summed E-state index contributed by atoms with van der Waals surface area (Å²) >= 11 is 0. The summed E-state index contributed by atoms with van der Waals surface area (Å²) in [4.78, 5) is 12.1. The fourth-order valence-electron chi connectivity index (χ4n) is 1.93. The van der Waals surface area contributed by atoms with Crippen LogP contribution >= 0.6 is 0 Å². The monoisotopic (exact) mass is 269 g/mol. The lowest BCUT2D eigenvalue weighted by Gasteiger charge is -2.10. The molecule has 0 fully saturated rings. The van der Waals surface area contributed by atoms with Gasteiger partial charge in [-0.3, -0.25) is 4.79 Å². The SMILES string of the molecule is Cc1ccc(C(=O)Nc2cccc(C(C)C)c2)cc1O. The number of amides is 1. The van der Waals surface area contributed by atoms with E-state index in [0.29, 0.717) is 11.5 Å². The summed E-state index contributed by atoms with van der Waals surface area (Å²) in [6.07, 6.45) is 0. The summed E-state index contributed by atoms with van der Waals surface area (Å²) in [5.41, 5.74) is 3.14. The van der Waals surface area contributed by atoms with E-state index in [1.54, 1.807) is 19.1 Å². The number of aryl methyl sites for hydroxylation is 1. The summed E-state index contributed by atoms with van der Waals surface area (Å²) in [7, 11) is 0. The molecule has 0 spiro atoms. The predicted molar refractivity (Wildman–Crippen MR) is 81.3 cm³/mol. The zero-order chi connectivity index (χ0) is 14.7. The van der Waals surface area contributed by atoms with E-state index in [0.717, 1.165) is 11.3 Å². The van der Waals surface area contributed by atoms with Gasteiger partial charge in [-0.15, -0.1) is 0 Å². The molecule has 20 heavy (non-hydrogen) atoms. The van der Waals surface area contributed by atoms with Crippen molar-refractivity contribution >= 4 is 11.6 Å². The quantitative estimate of drug-likeness (QED) is 0.882. The van der Waals surface area contributed by atoms with Gasteiger partial charge >= 0.3 is 0 Å². The number of phenolic OH excluding ortho intramolecular Hbond substituents is 1.